The minimum absolute atomic E-state index is 0.353. The number of hydrogen-bond donors (Lipinski definition) is 2. The highest BCUT2D eigenvalue weighted by Gasteiger charge is 2.15. The number of benzene rings is 1. The quantitative estimate of drug-likeness (QED) is 0.867. The van der Waals surface area contributed by atoms with E-state index >= 15 is 0 Å². The molecular formula is C11H10F3N3. The van der Waals surface area contributed by atoms with Crippen LogP contribution in [0.15, 0.2) is 24.4 Å². The zero-order valence-corrected chi connectivity index (χ0v) is 8.97. The molecule has 0 saturated carbocycles. The van der Waals surface area contributed by atoms with Gasteiger partial charge in [0.2, 0.25) is 0 Å². The Hall–Kier alpha value is -1.98. The highest BCUT2D eigenvalue weighted by Crippen LogP contribution is 2.24. The number of H-pyrrole nitrogens is 1. The summed E-state index contributed by atoms with van der Waals surface area (Å²) in [6.45, 7) is 1.70. The third-order valence-corrected chi connectivity index (χ3v) is 2.36. The Kier molecular flexibility index (Phi) is 3.03. The Bertz CT molecular complexity index is 488. The maximum Gasteiger partial charge on any atom is 0.152 e. The summed E-state index contributed by atoms with van der Waals surface area (Å²) in [7, 11) is 0. The largest absolute Gasteiger partial charge is 0.372 e. The molecule has 2 N–H and O–H groups in total. The number of halogens is 3. The molecule has 1 aromatic heterocycles. The zero-order chi connectivity index (χ0) is 12.4. The van der Waals surface area contributed by atoms with E-state index in [0.29, 0.717) is 17.8 Å². The van der Waals surface area contributed by atoms with Crippen LogP contribution >= 0.6 is 0 Å². The van der Waals surface area contributed by atoms with Crippen LogP contribution in [0.2, 0.25) is 0 Å². The van der Waals surface area contributed by atoms with Crippen molar-refractivity contribution < 1.29 is 13.2 Å². The lowest BCUT2D eigenvalue weighted by molar-refractivity contribution is 0.545. The van der Waals surface area contributed by atoms with Gasteiger partial charge in [0, 0.05) is 18.3 Å². The van der Waals surface area contributed by atoms with Crippen molar-refractivity contribution in [3.63, 3.8) is 0 Å². The van der Waals surface area contributed by atoms with Gasteiger partial charge in [0.05, 0.1) is 11.7 Å². The van der Waals surface area contributed by atoms with E-state index in [9.17, 15) is 13.2 Å². The summed E-state index contributed by atoms with van der Waals surface area (Å²) < 4.78 is 39.4. The third-order valence-electron chi connectivity index (χ3n) is 2.36. The fourth-order valence-electron chi connectivity index (χ4n) is 1.48. The van der Waals surface area contributed by atoms with Crippen molar-refractivity contribution in [2.45, 2.75) is 13.0 Å². The Labute approximate surface area is 95.7 Å². The Morgan fingerprint density at radius 2 is 1.88 bits per heavy atom. The van der Waals surface area contributed by atoms with Gasteiger partial charge in [0.15, 0.2) is 11.6 Å². The summed E-state index contributed by atoms with van der Waals surface area (Å²) in [5, 5.41) is 9.03. The first-order valence-electron chi connectivity index (χ1n) is 4.98. The van der Waals surface area contributed by atoms with Gasteiger partial charge < -0.3 is 5.32 Å². The van der Waals surface area contributed by atoms with E-state index in [4.69, 9.17) is 0 Å². The topological polar surface area (TPSA) is 40.7 Å². The minimum Gasteiger partial charge on any atom is -0.372 e. The van der Waals surface area contributed by atoms with Gasteiger partial charge in [0.25, 0.3) is 0 Å². The van der Waals surface area contributed by atoms with Gasteiger partial charge in [-0.05, 0) is 13.0 Å². The van der Waals surface area contributed by atoms with E-state index < -0.39 is 17.5 Å². The minimum atomic E-state index is -0.964. The van der Waals surface area contributed by atoms with Gasteiger partial charge in [-0.3, -0.25) is 5.10 Å². The number of hydrogen-bond acceptors (Lipinski definition) is 2. The predicted molar refractivity (Wildman–Crippen MR) is 56.9 cm³/mol. The third kappa shape index (κ3) is 2.41. The van der Waals surface area contributed by atoms with E-state index in [-0.39, 0.29) is 11.7 Å². The van der Waals surface area contributed by atoms with Crippen LogP contribution in [-0.2, 0) is 0 Å². The maximum atomic E-state index is 13.3. The molecule has 2 aromatic rings. The fraction of sp³-hybridized carbons (Fsp3) is 0.182. The molecule has 1 heterocycles. The number of rotatable bonds is 3. The van der Waals surface area contributed by atoms with Gasteiger partial charge in [-0.2, -0.15) is 5.10 Å². The van der Waals surface area contributed by atoms with Crippen LogP contribution in [0.1, 0.15) is 18.7 Å². The summed E-state index contributed by atoms with van der Waals surface area (Å²) in [5.41, 5.74) is 0.321. The molecule has 0 fully saturated rings. The first kappa shape index (κ1) is 11.5. The van der Waals surface area contributed by atoms with Crippen LogP contribution in [0, 0.1) is 17.5 Å². The molecular weight excluding hydrogens is 231 g/mol. The van der Waals surface area contributed by atoms with E-state index in [1.807, 2.05) is 0 Å². The molecule has 0 radical (unpaired) electrons. The van der Waals surface area contributed by atoms with Crippen LogP contribution in [0.25, 0.3) is 0 Å². The molecule has 17 heavy (non-hydrogen) atoms. The molecule has 1 aromatic carbocycles. The van der Waals surface area contributed by atoms with Crippen LogP contribution in [0.5, 0.6) is 0 Å². The SMILES string of the molecule is CC(Nc1c(F)cc(F)cc1F)c1ccn[nH]1. The van der Waals surface area contributed by atoms with Gasteiger partial charge >= 0.3 is 0 Å². The fourth-order valence-corrected chi connectivity index (χ4v) is 1.48. The average molecular weight is 241 g/mol. The Morgan fingerprint density at radius 1 is 1.24 bits per heavy atom. The molecule has 0 saturated heterocycles. The highest BCUT2D eigenvalue weighted by molar-refractivity contribution is 5.47. The summed E-state index contributed by atoms with van der Waals surface area (Å²) in [6, 6.07) is 2.57. The molecule has 1 unspecified atom stereocenters. The zero-order valence-electron chi connectivity index (χ0n) is 8.97. The lowest BCUT2D eigenvalue weighted by atomic mass is 10.2. The van der Waals surface area contributed by atoms with E-state index in [2.05, 4.69) is 15.5 Å². The van der Waals surface area contributed by atoms with Crippen molar-refractivity contribution >= 4 is 5.69 Å². The molecule has 0 amide bonds. The van der Waals surface area contributed by atoms with E-state index in [1.165, 1.54) is 6.20 Å². The van der Waals surface area contributed by atoms with Gasteiger partial charge in [-0.15, -0.1) is 0 Å². The summed E-state index contributed by atoms with van der Waals surface area (Å²) >= 11 is 0. The predicted octanol–water partition coefficient (Wildman–Crippen LogP) is 3.00. The lowest BCUT2D eigenvalue weighted by Gasteiger charge is -2.14. The summed E-state index contributed by atoms with van der Waals surface area (Å²) in [5.74, 6) is -2.87. The summed E-state index contributed by atoms with van der Waals surface area (Å²) in [4.78, 5) is 0. The maximum absolute atomic E-state index is 13.3. The lowest BCUT2D eigenvalue weighted by Crippen LogP contribution is -2.10. The molecule has 3 nitrogen and oxygen atoms in total. The second-order valence-corrected chi connectivity index (χ2v) is 3.62. The number of aromatic nitrogens is 2. The summed E-state index contributed by atoms with van der Waals surface area (Å²) in [6.07, 6.45) is 1.53. The van der Waals surface area contributed by atoms with Crippen LogP contribution in [0.4, 0.5) is 18.9 Å². The Balaban J connectivity index is 2.25. The molecule has 6 heteroatoms. The first-order valence-corrected chi connectivity index (χ1v) is 4.98. The smallest absolute Gasteiger partial charge is 0.152 e. The monoisotopic (exact) mass is 241 g/mol. The van der Waals surface area contributed by atoms with E-state index in [1.54, 1.807) is 13.0 Å². The van der Waals surface area contributed by atoms with Crippen molar-refractivity contribution in [3.05, 3.63) is 47.5 Å². The molecule has 0 aliphatic rings. The molecule has 90 valence electrons. The van der Waals surface area contributed by atoms with Crippen LogP contribution in [0.3, 0.4) is 0 Å². The molecule has 0 aliphatic carbocycles. The van der Waals surface area contributed by atoms with Gasteiger partial charge in [-0.25, -0.2) is 13.2 Å². The average Bonchev–Trinajstić information content (AvgIpc) is 2.76. The van der Waals surface area contributed by atoms with Crippen LogP contribution < -0.4 is 5.32 Å². The highest BCUT2D eigenvalue weighted by atomic mass is 19.1. The van der Waals surface area contributed by atoms with Crippen molar-refractivity contribution in [1.29, 1.82) is 0 Å². The second kappa shape index (κ2) is 4.48. The Morgan fingerprint density at radius 3 is 2.41 bits per heavy atom. The van der Waals surface area contributed by atoms with Crippen molar-refractivity contribution in [1.82, 2.24) is 10.2 Å². The number of aromatic amines is 1. The van der Waals surface area contributed by atoms with Crippen molar-refractivity contribution in [2.24, 2.45) is 0 Å². The van der Waals surface area contributed by atoms with Crippen molar-refractivity contribution in [3.8, 4) is 0 Å². The normalized spacial score (nSPS) is 12.5. The van der Waals surface area contributed by atoms with Crippen molar-refractivity contribution in [2.75, 3.05) is 5.32 Å². The standard InChI is InChI=1S/C11H10F3N3/c1-6(10-2-3-15-17-10)16-11-8(13)4-7(12)5-9(11)14/h2-6,16H,1H3,(H,15,17). The van der Waals surface area contributed by atoms with E-state index in [0.717, 1.165) is 0 Å². The molecule has 2 rings (SSSR count). The number of nitrogens with zero attached hydrogens (tertiary/aromatic N) is 1. The second-order valence-electron chi connectivity index (χ2n) is 3.62. The van der Waals surface area contributed by atoms with Gasteiger partial charge in [-0.1, -0.05) is 0 Å². The molecule has 0 aliphatic heterocycles. The molecule has 1 atom stereocenters. The number of anilines is 1. The van der Waals surface area contributed by atoms with Gasteiger partial charge in [0.1, 0.15) is 11.5 Å². The number of nitrogens with one attached hydrogen (secondary N) is 2. The molecule has 0 spiro atoms. The molecule has 0 bridgehead atoms. The first-order chi connectivity index (χ1) is 8.08. The van der Waals surface area contributed by atoms with Crippen LogP contribution in [-0.4, -0.2) is 10.2 Å².